The van der Waals surface area contributed by atoms with Crippen molar-refractivity contribution in [2.24, 2.45) is 0 Å². The number of rotatable bonds is 1. The van der Waals surface area contributed by atoms with Gasteiger partial charge >= 0.3 is 6.18 Å². The van der Waals surface area contributed by atoms with Gasteiger partial charge in [0.05, 0.1) is 17.0 Å². The zero-order valence-corrected chi connectivity index (χ0v) is 8.81. The van der Waals surface area contributed by atoms with Gasteiger partial charge in [-0.05, 0) is 37.0 Å². The van der Waals surface area contributed by atoms with E-state index in [0.29, 0.717) is 12.8 Å². The van der Waals surface area contributed by atoms with Crippen LogP contribution in [0.5, 0.6) is 0 Å². The Bertz CT molecular complexity index is 480. The Morgan fingerprint density at radius 2 is 1.88 bits per heavy atom. The van der Waals surface area contributed by atoms with E-state index in [1.54, 1.807) is 0 Å². The molecule has 0 spiro atoms. The van der Waals surface area contributed by atoms with Crippen LogP contribution in [-0.4, -0.2) is 0 Å². The second-order valence-corrected chi connectivity index (χ2v) is 4.24. The Kier molecular flexibility index (Phi) is 2.61. The number of nitriles is 1. The summed E-state index contributed by atoms with van der Waals surface area (Å²) in [6.07, 6.45) is -2.84. The third-order valence-electron chi connectivity index (χ3n) is 3.25. The van der Waals surface area contributed by atoms with Gasteiger partial charge in [-0.15, -0.1) is 0 Å². The first-order valence-corrected chi connectivity index (χ1v) is 5.17. The lowest BCUT2D eigenvalue weighted by Gasteiger charge is -2.35. The maximum absolute atomic E-state index is 13.1. The highest BCUT2D eigenvalue weighted by Gasteiger charge is 2.41. The van der Waals surface area contributed by atoms with E-state index in [1.165, 1.54) is 6.07 Å². The topological polar surface area (TPSA) is 23.8 Å². The van der Waals surface area contributed by atoms with Crippen molar-refractivity contribution in [1.29, 1.82) is 5.26 Å². The summed E-state index contributed by atoms with van der Waals surface area (Å²) >= 11 is 0. The molecule has 17 heavy (non-hydrogen) atoms. The molecule has 1 aromatic carbocycles. The van der Waals surface area contributed by atoms with Crippen molar-refractivity contribution < 1.29 is 17.6 Å². The minimum atomic E-state index is -4.72. The highest BCUT2D eigenvalue weighted by molar-refractivity contribution is 5.39. The van der Waals surface area contributed by atoms with Gasteiger partial charge in [0.15, 0.2) is 0 Å². The highest BCUT2D eigenvalue weighted by Crippen LogP contribution is 2.44. The standard InChI is InChI=1S/C12H9F4N/c13-10-3-2-8(6-9(10)12(14,15)16)11(7-17)4-1-5-11/h2-3,6H,1,4-5H2. The summed E-state index contributed by atoms with van der Waals surface area (Å²) in [5.74, 6) is -1.30. The molecule has 2 rings (SSSR count). The predicted octanol–water partition coefficient (Wildman–Crippen LogP) is 3.79. The fraction of sp³-hybridized carbons (Fsp3) is 0.417. The molecule has 90 valence electrons. The Morgan fingerprint density at radius 1 is 1.24 bits per heavy atom. The van der Waals surface area contributed by atoms with Crippen LogP contribution in [0.3, 0.4) is 0 Å². The summed E-state index contributed by atoms with van der Waals surface area (Å²) in [7, 11) is 0. The van der Waals surface area contributed by atoms with Crippen LogP contribution in [0.1, 0.15) is 30.4 Å². The summed E-state index contributed by atoms with van der Waals surface area (Å²) in [4.78, 5) is 0. The van der Waals surface area contributed by atoms with Crippen molar-refractivity contribution in [3.05, 3.63) is 35.1 Å². The van der Waals surface area contributed by atoms with Crippen molar-refractivity contribution in [2.75, 3.05) is 0 Å². The Labute approximate surface area is 95.7 Å². The number of hydrogen-bond donors (Lipinski definition) is 0. The van der Waals surface area contributed by atoms with Gasteiger partial charge in [0.1, 0.15) is 5.82 Å². The average Bonchev–Trinajstić information content (AvgIpc) is 2.17. The molecule has 0 saturated heterocycles. The lowest BCUT2D eigenvalue weighted by atomic mass is 9.65. The van der Waals surface area contributed by atoms with Crippen molar-refractivity contribution in [3.63, 3.8) is 0 Å². The summed E-state index contributed by atoms with van der Waals surface area (Å²) in [6, 6.07) is 4.86. The van der Waals surface area contributed by atoms with Crippen molar-refractivity contribution >= 4 is 0 Å². The summed E-state index contributed by atoms with van der Waals surface area (Å²) < 4.78 is 50.6. The second-order valence-electron chi connectivity index (χ2n) is 4.24. The van der Waals surface area contributed by atoms with Crippen LogP contribution in [-0.2, 0) is 11.6 Å². The fourth-order valence-electron chi connectivity index (χ4n) is 2.04. The molecule has 0 unspecified atom stereocenters. The van der Waals surface area contributed by atoms with E-state index in [9.17, 15) is 17.6 Å². The van der Waals surface area contributed by atoms with Crippen LogP contribution >= 0.6 is 0 Å². The number of halogens is 4. The summed E-state index contributed by atoms with van der Waals surface area (Å²) in [5, 5.41) is 9.03. The monoisotopic (exact) mass is 243 g/mol. The zero-order chi connectivity index (χ0) is 12.7. The first-order valence-electron chi connectivity index (χ1n) is 5.17. The van der Waals surface area contributed by atoms with Crippen LogP contribution in [0, 0.1) is 17.1 Å². The molecule has 0 atom stereocenters. The molecule has 0 aromatic heterocycles. The molecule has 1 aliphatic rings. The van der Waals surface area contributed by atoms with E-state index in [1.807, 2.05) is 6.07 Å². The molecule has 1 aliphatic carbocycles. The number of alkyl halides is 3. The molecule has 0 radical (unpaired) electrons. The first-order chi connectivity index (χ1) is 7.89. The van der Waals surface area contributed by atoms with Crippen LogP contribution in [0.2, 0.25) is 0 Å². The van der Waals surface area contributed by atoms with E-state index < -0.39 is 23.0 Å². The van der Waals surface area contributed by atoms with E-state index >= 15 is 0 Å². The SMILES string of the molecule is N#CC1(c2ccc(F)c(C(F)(F)F)c2)CCC1. The lowest BCUT2D eigenvalue weighted by Crippen LogP contribution is -2.32. The van der Waals surface area contributed by atoms with Crippen molar-refractivity contribution in [3.8, 4) is 6.07 Å². The maximum atomic E-state index is 13.1. The van der Waals surface area contributed by atoms with Crippen molar-refractivity contribution in [1.82, 2.24) is 0 Å². The van der Waals surface area contributed by atoms with Crippen LogP contribution in [0.15, 0.2) is 18.2 Å². The summed E-state index contributed by atoms with van der Waals surface area (Å²) in [5.41, 5.74) is -1.88. The molecule has 1 aromatic rings. The van der Waals surface area contributed by atoms with Gasteiger partial charge in [-0.2, -0.15) is 18.4 Å². The third-order valence-corrected chi connectivity index (χ3v) is 3.25. The van der Waals surface area contributed by atoms with E-state index in [2.05, 4.69) is 0 Å². The molecular formula is C12H9F4N. The lowest BCUT2D eigenvalue weighted by molar-refractivity contribution is -0.140. The average molecular weight is 243 g/mol. The number of benzene rings is 1. The molecule has 0 bridgehead atoms. The maximum Gasteiger partial charge on any atom is 0.419 e. The van der Waals surface area contributed by atoms with E-state index in [4.69, 9.17) is 5.26 Å². The van der Waals surface area contributed by atoms with Crippen LogP contribution < -0.4 is 0 Å². The van der Waals surface area contributed by atoms with Crippen molar-refractivity contribution in [2.45, 2.75) is 30.9 Å². The smallest absolute Gasteiger partial charge is 0.206 e. The number of nitrogens with zero attached hydrogens (tertiary/aromatic N) is 1. The van der Waals surface area contributed by atoms with Gasteiger partial charge in [0.25, 0.3) is 0 Å². The third kappa shape index (κ3) is 1.88. The quantitative estimate of drug-likeness (QED) is 0.688. The minimum absolute atomic E-state index is 0.264. The minimum Gasteiger partial charge on any atom is -0.206 e. The van der Waals surface area contributed by atoms with Gasteiger partial charge in [-0.3, -0.25) is 0 Å². The van der Waals surface area contributed by atoms with Gasteiger partial charge in [0.2, 0.25) is 0 Å². The Hall–Kier alpha value is -1.57. The largest absolute Gasteiger partial charge is 0.419 e. The normalized spacial score (nSPS) is 18.3. The zero-order valence-electron chi connectivity index (χ0n) is 8.81. The summed E-state index contributed by atoms with van der Waals surface area (Å²) in [6.45, 7) is 0. The van der Waals surface area contributed by atoms with Crippen LogP contribution in [0.25, 0.3) is 0 Å². The molecule has 1 saturated carbocycles. The van der Waals surface area contributed by atoms with E-state index in [0.717, 1.165) is 18.6 Å². The van der Waals surface area contributed by atoms with Gasteiger partial charge < -0.3 is 0 Å². The Morgan fingerprint density at radius 3 is 2.29 bits per heavy atom. The Balaban J connectivity index is 2.49. The number of hydrogen-bond acceptors (Lipinski definition) is 1. The highest BCUT2D eigenvalue weighted by atomic mass is 19.4. The molecule has 1 nitrogen and oxygen atoms in total. The fourth-order valence-corrected chi connectivity index (χ4v) is 2.04. The molecule has 5 heteroatoms. The molecule has 0 N–H and O–H groups in total. The van der Waals surface area contributed by atoms with Gasteiger partial charge in [0, 0.05) is 0 Å². The molecule has 1 fully saturated rings. The second kappa shape index (κ2) is 3.73. The van der Waals surface area contributed by atoms with Gasteiger partial charge in [-0.25, -0.2) is 4.39 Å². The molecule has 0 amide bonds. The molecule has 0 heterocycles. The molecular weight excluding hydrogens is 234 g/mol. The predicted molar refractivity (Wildman–Crippen MR) is 52.5 cm³/mol. The van der Waals surface area contributed by atoms with Crippen LogP contribution in [0.4, 0.5) is 17.6 Å². The van der Waals surface area contributed by atoms with Gasteiger partial charge in [-0.1, -0.05) is 6.07 Å². The van der Waals surface area contributed by atoms with E-state index in [-0.39, 0.29) is 5.56 Å². The first kappa shape index (κ1) is 11.9. The molecule has 0 aliphatic heterocycles.